The predicted molar refractivity (Wildman–Crippen MR) is 192 cm³/mol. The molecule has 0 amide bonds. The third-order valence-electron chi connectivity index (χ3n) is 9.97. The third-order valence-corrected chi connectivity index (χ3v) is 9.97. The number of phenolic OH excluding ortho intramolecular Hbond substituents is 2. The number of fused-ring (bicyclic) bond motifs is 1. The fourth-order valence-corrected chi connectivity index (χ4v) is 6.98. The van der Waals surface area contributed by atoms with Crippen molar-refractivity contribution in [3.63, 3.8) is 0 Å². The largest absolute Gasteiger partial charge is 0.508 e. The van der Waals surface area contributed by atoms with E-state index >= 15 is 0 Å². The number of aliphatic hydroxyl groups is 8. The highest BCUT2D eigenvalue weighted by Crippen LogP contribution is 2.51. The van der Waals surface area contributed by atoms with Crippen molar-refractivity contribution in [3.05, 3.63) is 113 Å². The summed E-state index contributed by atoms with van der Waals surface area (Å²) in [5, 5.41) is 101. The van der Waals surface area contributed by atoms with Crippen molar-refractivity contribution in [1.29, 1.82) is 0 Å². The number of ether oxygens (including phenoxy) is 5. The van der Waals surface area contributed by atoms with E-state index in [4.69, 9.17) is 23.7 Å². The van der Waals surface area contributed by atoms with Crippen LogP contribution in [-0.2, 0) is 9.47 Å². The summed E-state index contributed by atoms with van der Waals surface area (Å²) in [6.07, 6.45) is -11.0. The average molecular weight is 763 g/mol. The molecule has 4 aromatic rings. The Morgan fingerprint density at radius 1 is 0.527 bits per heavy atom. The SMILES string of the molecule is OCC1OC(Oc2ccc(C=Cc3ccc4c(c3)OC(c3ccc(OC5OC(CO)C(O)C(O)C5O)cc3)C4c3cc(O)cc(O)c3)cc2)C(O)C(O)C1O. The quantitative estimate of drug-likeness (QED) is 0.101. The van der Waals surface area contributed by atoms with Crippen molar-refractivity contribution < 1.29 is 74.7 Å². The highest BCUT2D eigenvalue weighted by atomic mass is 16.7. The first-order valence-corrected chi connectivity index (χ1v) is 17.6. The van der Waals surface area contributed by atoms with Crippen LogP contribution < -0.4 is 14.2 Å². The van der Waals surface area contributed by atoms with Crippen molar-refractivity contribution in [2.24, 2.45) is 0 Å². The molecule has 15 nitrogen and oxygen atoms in total. The monoisotopic (exact) mass is 762 g/mol. The number of rotatable bonds is 10. The summed E-state index contributed by atoms with van der Waals surface area (Å²) >= 11 is 0. The lowest BCUT2D eigenvalue weighted by atomic mass is 9.84. The van der Waals surface area contributed by atoms with Crippen LogP contribution in [-0.4, -0.2) is 126 Å². The first-order valence-electron chi connectivity index (χ1n) is 17.6. The van der Waals surface area contributed by atoms with E-state index in [1.807, 2.05) is 30.4 Å². The predicted octanol–water partition coefficient (Wildman–Crippen LogP) is 0.891. The lowest BCUT2D eigenvalue weighted by Crippen LogP contribution is -2.60. The highest BCUT2D eigenvalue weighted by molar-refractivity contribution is 5.71. The lowest BCUT2D eigenvalue weighted by Gasteiger charge is -2.39. The number of benzene rings is 4. The Balaban J connectivity index is 1.08. The summed E-state index contributed by atoms with van der Waals surface area (Å²) in [7, 11) is 0. The second kappa shape index (κ2) is 16.1. The summed E-state index contributed by atoms with van der Waals surface area (Å²) < 4.78 is 28.9. The molecule has 15 heteroatoms. The zero-order valence-electron chi connectivity index (χ0n) is 29.1. The molecule has 3 heterocycles. The summed E-state index contributed by atoms with van der Waals surface area (Å²) in [4.78, 5) is 0. The molecular weight excluding hydrogens is 720 g/mol. The molecule has 0 aliphatic carbocycles. The molecule has 3 aliphatic rings. The Kier molecular flexibility index (Phi) is 11.3. The Labute approximate surface area is 314 Å². The summed E-state index contributed by atoms with van der Waals surface area (Å²) in [5.74, 6) is 0.501. The summed E-state index contributed by atoms with van der Waals surface area (Å²) in [6, 6.07) is 23.6. The van der Waals surface area contributed by atoms with Gasteiger partial charge in [0.05, 0.1) is 19.1 Å². The Morgan fingerprint density at radius 3 is 1.55 bits per heavy atom. The average Bonchev–Trinajstić information content (AvgIpc) is 3.57. The first-order chi connectivity index (χ1) is 26.4. The van der Waals surface area contributed by atoms with E-state index in [9.17, 15) is 51.1 Å². The number of aromatic hydroxyl groups is 2. The van der Waals surface area contributed by atoms with Gasteiger partial charge in [-0.25, -0.2) is 0 Å². The fraction of sp³-hybridized carbons (Fsp3) is 0.350. The molecule has 4 aromatic carbocycles. The van der Waals surface area contributed by atoms with Gasteiger partial charge >= 0.3 is 0 Å². The lowest BCUT2D eigenvalue weighted by molar-refractivity contribution is -0.277. The maximum Gasteiger partial charge on any atom is 0.229 e. The van der Waals surface area contributed by atoms with E-state index in [-0.39, 0.29) is 17.2 Å². The number of hydrogen-bond donors (Lipinski definition) is 10. The van der Waals surface area contributed by atoms with Crippen molar-refractivity contribution >= 4 is 12.2 Å². The van der Waals surface area contributed by atoms with Crippen molar-refractivity contribution in [2.45, 2.75) is 73.4 Å². The number of aliphatic hydroxyl groups excluding tert-OH is 8. The van der Waals surface area contributed by atoms with Crippen LogP contribution >= 0.6 is 0 Å². The van der Waals surface area contributed by atoms with Crippen LogP contribution in [0.4, 0.5) is 0 Å². The van der Waals surface area contributed by atoms with Crippen LogP contribution in [0.15, 0.2) is 84.9 Å². The van der Waals surface area contributed by atoms with Crippen LogP contribution in [0.3, 0.4) is 0 Å². The third kappa shape index (κ3) is 7.99. The van der Waals surface area contributed by atoms with Gasteiger partial charge in [0.15, 0.2) is 0 Å². The minimum atomic E-state index is -1.59. The Bertz CT molecular complexity index is 1930. The second-order valence-electron chi connectivity index (χ2n) is 13.7. The molecule has 2 saturated heterocycles. The van der Waals surface area contributed by atoms with Crippen LogP contribution in [0.2, 0.25) is 0 Å². The van der Waals surface area contributed by atoms with E-state index in [1.54, 1.807) is 60.7 Å². The summed E-state index contributed by atoms with van der Waals surface area (Å²) in [6.45, 7) is -1.16. The van der Waals surface area contributed by atoms with E-state index in [0.717, 1.165) is 16.7 Å². The van der Waals surface area contributed by atoms with Gasteiger partial charge in [0.25, 0.3) is 0 Å². The van der Waals surface area contributed by atoms with Gasteiger partial charge < -0.3 is 74.7 Å². The molecule has 7 rings (SSSR count). The highest BCUT2D eigenvalue weighted by Gasteiger charge is 2.46. The normalized spacial score (nSPS) is 31.9. The molecule has 0 radical (unpaired) electrons. The molecule has 12 unspecified atom stereocenters. The Morgan fingerprint density at radius 2 is 1.02 bits per heavy atom. The van der Waals surface area contributed by atoms with Gasteiger partial charge in [-0.2, -0.15) is 0 Å². The molecular formula is C40H42O15. The minimum absolute atomic E-state index is 0.116. The van der Waals surface area contributed by atoms with E-state index < -0.39 is 86.6 Å². The maximum absolute atomic E-state index is 10.4. The topological polar surface area (TPSA) is 248 Å². The van der Waals surface area contributed by atoms with E-state index in [2.05, 4.69) is 0 Å². The zero-order valence-corrected chi connectivity index (χ0v) is 29.1. The van der Waals surface area contributed by atoms with Gasteiger partial charge in [0.1, 0.15) is 83.7 Å². The zero-order chi connectivity index (χ0) is 39.0. The van der Waals surface area contributed by atoms with Crippen LogP contribution in [0, 0.1) is 0 Å². The molecule has 2 fully saturated rings. The van der Waals surface area contributed by atoms with Crippen molar-refractivity contribution in [3.8, 4) is 28.7 Å². The minimum Gasteiger partial charge on any atom is -0.508 e. The van der Waals surface area contributed by atoms with E-state index in [0.29, 0.717) is 22.6 Å². The van der Waals surface area contributed by atoms with Gasteiger partial charge in [-0.1, -0.05) is 48.6 Å². The standard InChI is InChI=1S/C40H42O15/c41-17-29-32(45)34(47)36(49)39(54-29)51-25-8-3-19(4-9-25)1-2-20-5-12-27-28(13-20)53-38(31(27)22-14-23(43)16-24(44)15-22)21-6-10-26(11-7-21)52-40-37(50)35(48)33(46)30(18-42)55-40/h1-16,29-50H,17-18H2. The van der Waals surface area contributed by atoms with Crippen molar-refractivity contribution in [2.75, 3.05) is 13.2 Å². The molecule has 0 spiro atoms. The molecule has 55 heavy (non-hydrogen) atoms. The van der Waals surface area contributed by atoms with Crippen molar-refractivity contribution in [1.82, 2.24) is 0 Å². The van der Waals surface area contributed by atoms with E-state index in [1.165, 1.54) is 6.07 Å². The van der Waals surface area contributed by atoms with Gasteiger partial charge in [-0.05, 0) is 64.7 Å². The van der Waals surface area contributed by atoms with Crippen LogP contribution in [0.5, 0.6) is 28.7 Å². The number of hydrogen-bond acceptors (Lipinski definition) is 15. The van der Waals surface area contributed by atoms with Crippen LogP contribution in [0.1, 0.15) is 39.8 Å². The molecule has 0 bridgehead atoms. The second-order valence-corrected chi connectivity index (χ2v) is 13.7. The molecule has 3 aliphatic heterocycles. The van der Waals surface area contributed by atoms with Gasteiger partial charge in [-0.3, -0.25) is 0 Å². The fourth-order valence-electron chi connectivity index (χ4n) is 6.98. The maximum atomic E-state index is 10.4. The molecule has 10 N–H and O–H groups in total. The number of phenols is 2. The molecule has 0 aromatic heterocycles. The summed E-state index contributed by atoms with van der Waals surface area (Å²) in [5.41, 5.74) is 3.75. The first kappa shape index (κ1) is 38.5. The molecule has 0 saturated carbocycles. The molecule has 292 valence electrons. The van der Waals surface area contributed by atoms with Gasteiger partial charge in [0, 0.05) is 11.6 Å². The van der Waals surface area contributed by atoms with Gasteiger partial charge in [-0.15, -0.1) is 0 Å². The van der Waals surface area contributed by atoms with Gasteiger partial charge in [0.2, 0.25) is 12.6 Å². The Hall–Kier alpha value is -4.78. The molecule has 12 atom stereocenters. The van der Waals surface area contributed by atoms with Crippen LogP contribution in [0.25, 0.3) is 12.2 Å². The smallest absolute Gasteiger partial charge is 0.229 e.